The summed E-state index contributed by atoms with van der Waals surface area (Å²) >= 11 is 3.58. The predicted molar refractivity (Wildman–Crippen MR) is 154 cm³/mol. The highest BCUT2D eigenvalue weighted by atomic mass is 79.9. The van der Waals surface area contributed by atoms with Crippen molar-refractivity contribution in [1.29, 1.82) is 0 Å². The Balaban J connectivity index is 1.19. The monoisotopic (exact) mass is 551 g/mol. The average Bonchev–Trinajstić information content (AvgIpc) is 3.19. The molecule has 1 aliphatic heterocycles. The quantitative estimate of drug-likeness (QED) is 0.239. The lowest BCUT2D eigenvalue weighted by Gasteiger charge is -2.22. The van der Waals surface area contributed by atoms with E-state index in [2.05, 4.69) is 108 Å². The van der Waals surface area contributed by atoms with Crippen LogP contribution in [0.5, 0.6) is 0 Å². The molecule has 0 saturated carbocycles. The van der Waals surface area contributed by atoms with Gasteiger partial charge in [-0.05, 0) is 67.0 Å². The molecule has 0 aliphatic carbocycles. The molecule has 1 saturated heterocycles. The maximum atomic E-state index is 4.93. The van der Waals surface area contributed by atoms with E-state index >= 15 is 0 Å². The summed E-state index contributed by atoms with van der Waals surface area (Å²) in [6, 6.07) is 32.0. The highest BCUT2D eigenvalue weighted by molar-refractivity contribution is 9.10. The maximum absolute atomic E-state index is 4.93. The first-order chi connectivity index (χ1) is 18.2. The molecule has 37 heavy (non-hydrogen) atoms. The number of halogens is 1. The first kappa shape index (κ1) is 24.0. The van der Waals surface area contributed by atoms with Gasteiger partial charge in [0, 0.05) is 42.5 Å². The van der Waals surface area contributed by atoms with Crippen molar-refractivity contribution in [3.8, 4) is 17.2 Å². The van der Waals surface area contributed by atoms with Crippen molar-refractivity contribution in [3.63, 3.8) is 0 Å². The molecule has 6 rings (SSSR count). The Morgan fingerprint density at radius 1 is 0.703 bits per heavy atom. The van der Waals surface area contributed by atoms with E-state index in [1.54, 1.807) is 0 Å². The molecule has 186 valence electrons. The molecule has 0 amide bonds. The third-order valence-electron chi connectivity index (χ3n) is 7.04. The molecule has 0 radical (unpaired) electrons. The Morgan fingerprint density at radius 2 is 1.38 bits per heavy atom. The third kappa shape index (κ3) is 5.52. The molecule has 2 aromatic heterocycles. The summed E-state index contributed by atoms with van der Waals surface area (Å²) in [6.45, 7) is 6.51. The largest absolute Gasteiger partial charge is 0.298 e. The topological polar surface area (TPSA) is 37.2 Å². The van der Waals surface area contributed by atoms with E-state index in [1.807, 2.05) is 24.4 Å². The van der Waals surface area contributed by atoms with Crippen LogP contribution in [0, 0.1) is 0 Å². The van der Waals surface area contributed by atoms with Crippen molar-refractivity contribution in [3.05, 3.63) is 113 Å². The lowest BCUT2D eigenvalue weighted by Crippen LogP contribution is -2.30. The van der Waals surface area contributed by atoms with Gasteiger partial charge < -0.3 is 0 Å². The minimum atomic E-state index is 0.847. The van der Waals surface area contributed by atoms with E-state index in [1.165, 1.54) is 17.5 Å². The molecule has 5 aromatic rings. The molecule has 5 nitrogen and oxygen atoms in total. The van der Waals surface area contributed by atoms with E-state index in [4.69, 9.17) is 4.98 Å². The molecular weight excluding hydrogens is 522 g/mol. The Hall–Kier alpha value is -3.32. The normalized spacial score (nSPS) is 15.2. The highest BCUT2D eigenvalue weighted by Crippen LogP contribution is 2.29. The molecule has 0 bridgehead atoms. The Kier molecular flexibility index (Phi) is 7.13. The summed E-state index contributed by atoms with van der Waals surface area (Å²) in [4.78, 5) is 14.7. The van der Waals surface area contributed by atoms with Crippen LogP contribution in [0.3, 0.4) is 0 Å². The van der Waals surface area contributed by atoms with Crippen LogP contribution >= 0.6 is 15.9 Å². The minimum Gasteiger partial charge on any atom is -0.298 e. The summed E-state index contributed by atoms with van der Waals surface area (Å²) in [5.74, 6) is 0.848. The van der Waals surface area contributed by atoms with E-state index < -0.39 is 0 Å². The van der Waals surface area contributed by atoms with Crippen LogP contribution in [0.25, 0.3) is 28.2 Å². The lowest BCUT2D eigenvalue weighted by molar-refractivity contribution is 0.247. The van der Waals surface area contributed by atoms with Gasteiger partial charge in [0.05, 0.1) is 11.0 Å². The van der Waals surface area contributed by atoms with Crippen LogP contribution in [0.1, 0.15) is 17.5 Å². The molecule has 0 unspecified atom stereocenters. The summed E-state index contributed by atoms with van der Waals surface area (Å²) < 4.78 is 3.20. The molecule has 0 atom stereocenters. The van der Waals surface area contributed by atoms with Crippen molar-refractivity contribution < 1.29 is 0 Å². The smallest absolute Gasteiger partial charge is 0.164 e. The summed E-state index contributed by atoms with van der Waals surface area (Å²) in [7, 11) is 0. The minimum absolute atomic E-state index is 0.847. The van der Waals surface area contributed by atoms with Gasteiger partial charge in [-0.1, -0.05) is 70.5 Å². The van der Waals surface area contributed by atoms with E-state index in [-0.39, 0.29) is 0 Å². The van der Waals surface area contributed by atoms with Gasteiger partial charge in [0.2, 0.25) is 0 Å². The van der Waals surface area contributed by atoms with Gasteiger partial charge >= 0.3 is 0 Å². The fourth-order valence-electron chi connectivity index (χ4n) is 5.18. The predicted octanol–water partition coefficient (Wildman–Crippen LogP) is 6.56. The van der Waals surface area contributed by atoms with Crippen molar-refractivity contribution >= 4 is 27.0 Å². The molecule has 6 heteroatoms. The van der Waals surface area contributed by atoms with E-state index in [9.17, 15) is 0 Å². The fourth-order valence-corrected chi connectivity index (χ4v) is 5.51. The summed E-state index contributed by atoms with van der Waals surface area (Å²) in [5.41, 5.74) is 6.73. The fraction of sp³-hybridized carbons (Fsp3) is 0.226. The first-order valence-electron chi connectivity index (χ1n) is 12.9. The molecule has 1 aliphatic rings. The van der Waals surface area contributed by atoms with Crippen molar-refractivity contribution in [2.75, 3.05) is 26.2 Å². The van der Waals surface area contributed by atoms with E-state index in [0.717, 1.165) is 72.0 Å². The second kappa shape index (κ2) is 11.0. The second-order valence-corrected chi connectivity index (χ2v) is 10.6. The number of para-hydroxylation sites is 2. The maximum Gasteiger partial charge on any atom is 0.164 e. The average molecular weight is 553 g/mol. The van der Waals surface area contributed by atoms with Crippen LogP contribution < -0.4 is 0 Å². The second-order valence-electron chi connectivity index (χ2n) is 9.68. The first-order valence-corrected chi connectivity index (χ1v) is 13.7. The van der Waals surface area contributed by atoms with Crippen LogP contribution in [-0.2, 0) is 13.1 Å². The molecule has 3 aromatic carbocycles. The molecule has 0 spiro atoms. The number of imidazole rings is 1. The number of hydrogen-bond donors (Lipinski definition) is 0. The SMILES string of the molecule is Brc1ccnc(-c2nc3ccccc3n2-c2ccc(CN3CCCN(Cc4ccccc4)CC3)cc2)c1. The Labute approximate surface area is 226 Å². The number of aromatic nitrogens is 3. The number of benzene rings is 3. The van der Waals surface area contributed by atoms with Crippen molar-refractivity contribution in [2.24, 2.45) is 0 Å². The van der Waals surface area contributed by atoms with Crippen LogP contribution in [0.4, 0.5) is 0 Å². The van der Waals surface area contributed by atoms with E-state index in [0.29, 0.717) is 0 Å². The number of nitrogens with zero attached hydrogens (tertiary/aromatic N) is 5. The van der Waals surface area contributed by atoms with Gasteiger partial charge in [-0.15, -0.1) is 0 Å². The highest BCUT2D eigenvalue weighted by Gasteiger charge is 2.17. The van der Waals surface area contributed by atoms with Gasteiger partial charge in [0.15, 0.2) is 5.82 Å². The Morgan fingerprint density at radius 3 is 2.11 bits per heavy atom. The van der Waals surface area contributed by atoms with Crippen LogP contribution in [-0.4, -0.2) is 50.5 Å². The van der Waals surface area contributed by atoms with Crippen molar-refractivity contribution in [2.45, 2.75) is 19.5 Å². The number of hydrogen-bond acceptors (Lipinski definition) is 4. The third-order valence-corrected chi connectivity index (χ3v) is 7.54. The van der Waals surface area contributed by atoms with Crippen LogP contribution in [0.15, 0.2) is 102 Å². The van der Waals surface area contributed by atoms with Gasteiger partial charge in [0.1, 0.15) is 5.69 Å². The zero-order chi connectivity index (χ0) is 25.0. The van der Waals surface area contributed by atoms with Gasteiger partial charge in [-0.3, -0.25) is 19.4 Å². The summed E-state index contributed by atoms with van der Waals surface area (Å²) in [6.07, 6.45) is 3.02. The van der Waals surface area contributed by atoms with Crippen molar-refractivity contribution in [1.82, 2.24) is 24.3 Å². The van der Waals surface area contributed by atoms with Gasteiger partial charge in [0.25, 0.3) is 0 Å². The lowest BCUT2D eigenvalue weighted by atomic mass is 10.1. The zero-order valence-corrected chi connectivity index (χ0v) is 22.4. The molecule has 1 fully saturated rings. The Bertz CT molecular complexity index is 1480. The summed E-state index contributed by atoms with van der Waals surface area (Å²) in [5, 5.41) is 0. The molecular formula is C31H30BrN5. The van der Waals surface area contributed by atoms with Crippen LogP contribution in [0.2, 0.25) is 0 Å². The number of pyridine rings is 1. The number of fused-ring (bicyclic) bond motifs is 1. The molecule has 0 N–H and O–H groups in total. The number of rotatable bonds is 6. The molecule has 3 heterocycles. The van der Waals surface area contributed by atoms with Gasteiger partial charge in [-0.25, -0.2) is 4.98 Å². The standard InChI is InChI=1S/C31H30BrN5/c32-26-15-16-33-29(21-26)31-34-28-9-4-5-10-30(28)37(31)27-13-11-25(12-14-27)23-36-18-6-17-35(19-20-36)22-24-7-2-1-3-8-24/h1-5,7-16,21H,6,17-20,22-23H2. The zero-order valence-electron chi connectivity index (χ0n) is 20.8. The van der Waals surface area contributed by atoms with Gasteiger partial charge in [-0.2, -0.15) is 0 Å².